The topological polar surface area (TPSA) is 237 Å². The second-order valence-electron chi connectivity index (χ2n) is 27.7. The van der Waals surface area contributed by atoms with Crippen LogP contribution in [0.4, 0.5) is 0 Å². The summed E-state index contributed by atoms with van der Waals surface area (Å²) in [5.74, 6) is -2.11. The van der Waals surface area contributed by atoms with Crippen LogP contribution in [0.2, 0.25) is 0 Å². The van der Waals surface area contributed by atoms with E-state index in [0.29, 0.717) is 25.7 Å². The Morgan fingerprint density at radius 3 is 0.615 bits per heavy atom. The number of hydrogen-bond acceptors (Lipinski definition) is 15. The number of carbonyl (C=O) groups is 4. The highest BCUT2D eigenvalue weighted by molar-refractivity contribution is 7.47. The Morgan fingerprint density at radius 1 is 0.250 bits per heavy atom. The van der Waals surface area contributed by atoms with Gasteiger partial charge in [0.2, 0.25) is 0 Å². The third kappa shape index (κ3) is 70.5. The summed E-state index contributed by atoms with van der Waals surface area (Å²) < 4.78 is 68.5. The van der Waals surface area contributed by atoms with Gasteiger partial charge in [-0.2, -0.15) is 0 Å². The average Bonchev–Trinajstić information content (AvgIpc) is 1.41. The Labute approximate surface area is 588 Å². The summed E-state index contributed by atoms with van der Waals surface area (Å²) in [4.78, 5) is 72.8. The van der Waals surface area contributed by atoms with E-state index in [0.717, 1.165) is 89.9 Å². The van der Waals surface area contributed by atoms with Gasteiger partial charge in [0, 0.05) is 25.7 Å². The molecule has 0 aliphatic heterocycles. The highest BCUT2D eigenvalue weighted by Crippen LogP contribution is 2.45. The van der Waals surface area contributed by atoms with Crippen molar-refractivity contribution in [2.24, 2.45) is 0 Å². The number of phosphoric acid groups is 2. The highest BCUT2D eigenvalue weighted by atomic mass is 31.2. The van der Waals surface area contributed by atoms with Crippen molar-refractivity contribution in [3.63, 3.8) is 0 Å². The minimum atomic E-state index is -4.96. The summed E-state index contributed by atoms with van der Waals surface area (Å²) in [5, 5.41) is 10.6. The van der Waals surface area contributed by atoms with Crippen LogP contribution in [0.3, 0.4) is 0 Å². The number of rotatable bonds is 78. The maximum absolute atomic E-state index is 13.1. The van der Waals surface area contributed by atoms with Crippen LogP contribution in [0.15, 0.2) is 0 Å². The van der Waals surface area contributed by atoms with Crippen molar-refractivity contribution in [3.8, 4) is 0 Å². The van der Waals surface area contributed by atoms with Crippen LogP contribution in [0.25, 0.3) is 0 Å². The lowest BCUT2D eigenvalue weighted by atomic mass is 10.0. The monoisotopic (exact) mass is 1410 g/mol. The van der Waals surface area contributed by atoms with Crippen LogP contribution in [-0.2, 0) is 65.4 Å². The lowest BCUT2D eigenvalue weighted by molar-refractivity contribution is -0.161. The quantitative estimate of drug-likeness (QED) is 0.0222. The molecule has 0 fully saturated rings. The molecule has 0 aromatic heterocycles. The van der Waals surface area contributed by atoms with Crippen molar-refractivity contribution in [2.45, 2.75) is 431 Å². The molecular weight excluding hydrogens is 1260 g/mol. The van der Waals surface area contributed by atoms with Gasteiger partial charge < -0.3 is 33.8 Å². The number of ether oxygens (including phenoxy) is 4. The zero-order chi connectivity index (χ0) is 70.4. The molecule has 17 nitrogen and oxygen atoms in total. The summed E-state index contributed by atoms with van der Waals surface area (Å²) in [6.45, 7) is 4.99. The van der Waals surface area contributed by atoms with Crippen LogP contribution in [0.1, 0.15) is 413 Å². The number of aliphatic hydroxyl groups excluding tert-OH is 1. The maximum atomic E-state index is 13.1. The third-order valence-corrected chi connectivity index (χ3v) is 20.0. The molecule has 2 unspecified atom stereocenters. The van der Waals surface area contributed by atoms with E-state index in [4.69, 9.17) is 37.0 Å². The van der Waals surface area contributed by atoms with Gasteiger partial charge in [-0.15, -0.1) is 0 Å². The first-order valence-electron chi connectivity index (χ1n) is 40.3. The summed E-state index contributed by atoms with van der Waals surface area (Å²) in [5.41, 5.74) is 0. The van der Waals surface area contributed by atoms with Gasteiger partial charge in [-0.05, 0) is 25.7 Å². The van der Waals surface area contributed by atoms with E-state index < -0.39 is 97.5 Å². The average molecular weight is 1410 g/mol. The Bertz CT molecular complexity index is 1830. The molecule has 96 heavy (non-hydrogen) atoms. The summed E-state index contributed by atoms with van der Waals surface area (Å²) in [6, 6.07) is 0. The van der Waals surface area contributed by atoms with Gasteiger partial charge in [-0.25, -0.2) is 9.13 Å². The molecule has 0 aromatic rings. The van der Waals surface area contributed by atoms with E-state index in [-0.39, 0.29) is 25.7 Å². The molecule has 570 valence electrons. The van der Waals surface area contributed by atoms with Crippen molar-refractivity contribution in [1.82, 2.24) is 0 Å². The smallest absolute Gasteiger partial charge is 0.462 e. The Hall–Kier alpha value is -1.94. The van der Waals surface area contributed by atoms with Gasteiger partial charge in [0.25, 0.3) is 0 Å². The van der Waals surface area contributed by atoms with E-state index >= 15 is 0 Å². The second-order valence-corrected chi connectivity index (χ2v) is 30.7. The predicted octanol–water partition coefficient (Wildman–Crippen LogP) is 23.0. The second kappa shape index (κ2) is 71.5. The van der Waals surface area contributed by atoms with Crippen LogP contribution in [-0.4, -0.2) is 96.7 Å². The predicted molar refractivity (Wildman–Crippen MR) is 391 cm³/mol. The molecule has 0 radical (unpaired) electrons. The van der Waals surface area contributed by atoms with E-state index in [1.165, 1.54) is 244 Å². The molecule has 0 saturated heterocycles. The zero-order valence-electron chi connectivity index (χ0n) is 62.4. The molecule has 5 atom stereocenters. The lowest BCUT2D eigenvalue weighted by Crippen LogP contribution is -2.30. The van der Waals surface area contributed by atoms with Gasteiger partial charge >= 0.3 is 39.5 Å². The molecule has 0 rings (SSSR count). The van der Waals surface area contributed by atoms with E-state index in [9.17, 15) is 43.2 Å². The largest absolute Gasteiger partial charge is 0.472 e. The van der Waals surface area contributed by atoms with Crippen molar-refractivity contribution in [1.29, 1.82) is 0 Å². The number of esters is 4. The minimum absolute atomic E-state index is 0.108. The fourth-order valence-corrected chi connectivity index (χ4v) is 13.5. The first kappa shape index (κ1) is 94.1. The van der Waals surface area contributed by atoms with Crippen LogP contribution in [0.5, 0.6) is 0 Å². The number of carbonyl (C=O) groups excluding carboxylic acids is 4. The first-order valence-corrected chi connectivity index (χ1v) is 43.3. The van der Waals surface area contributed by atoms with Crippen molar-refractivity contribution in [2.75, 3.05) is 39.6 Å². The van der Waals surface area contributed by atoms with Crippen molar-refractivity contribution in [3.05, 3.63) is 0 Å². The van der Waals surface area contributed by atoms with Crippen LogP contribution < -0.4 is 0 Å². The van der Waals surface area contributed by atoms with Gasteiger partial charge in [0.15, 0.2) is 12.2 Å². The minimum Gasteiger partial charge on any atom is -0.462 e. The fourth-order valence-electron chi connectivity index (χ4n) is 11.9. The first-order chi connectivity index (χ1) is 46.7. The molecule has 0 bridgehead atoms. The zero-order valence-corrected chi connectivity index (χ0v) is 64.1. The standard InChI is InChI=1S/C77H150O17P2/c1-5-9-13-17-21-25-29-32-34-35-36-37-38-39-41-44-48-52-56-60-64-77(82)94-73(68-88-75(80)62-58-54-50-46-43-40-33-30-26-22-18-14-10-6-2)70-92-96(85,86)90-66-71(78)65-89-95(83,84)91-69-72(67-87-74(79)61-57-53-49-45-28-24-20-16-12-8-4)93-76(81)63-59-55-51-47-42-31-27-23-19-15-11-7-3/h71-73,78H,5-70H2,1-4H3,(H,83,84)(H,85,86)/t71-,72+,73+/m0/s1. The molecule has 0 saturated carbocycles. The molecule has 19 heteroatoms. The molecule has 0 aliphatic rings. The van der Waals surface area contributed by atoms with Crippen molar-refractivity contribution < 1.29 is 80.2 Å². The lowest BCUT2D eigenvalue weighted by Gasteiger charge is -2.21. The Kier molecular flexibility index (Phi) is 70.0. The van der Waals surface area contributed by atoms with E-state index in [1.807, 2.05) is 0 Å². The molecule has 0 amide bonds. The highest BCUT2D eigenvalue weighted by Gasteiger charge is 2.30. The SMILES string of the molecule is CCCCCCCCCCCCCCCCCCCCCCC(=O)O[C@H](COC(=O)CCCCCCCCCCCCCCCC)COP(=O)(O)OC[C@@H](O)COP(=O)(O)OC[C@@H](COC(=O)CCCCCCCCCCCC)OC(=O)CCCCCCCCCCCCCC. The van der Waals surface area contributed by atoms with E-state index in [1.54, 1.807) is 0 Å². The van der Waals surface area contributed by atoms with Gasteiger partial charge in [-0.3, -0.25) is 37.3 Å². The molecule has 0 spiro atoms. The summed E-state index contributed by atoms with van der Waals surface area (Å²) >= 11 is 0. The third-order valence-electron chi connectivity index (χ3n) is 18.1. The van der Waals surface area contributed by atoms with Gasteiger partial charge in [0.1, 0.15) is 19.3 Å². The molecule has 3 N–H and O–H groups in total. The number of unbranched alkanes of at least 4 members (excludes halogenated alkanes) is 52. The van der Waals surface area contributed by atoms with Crippen molar-refractivity contribution >= 4 is 39.5 Å². The Balaban J connectivity index is 5.21. The summed E-state index contributed by atoms with van der Waals surface area (Å²) in [6.07, 6.45) is 62.3. The summed E-state index contributed by atoms with van der Waals surface area (Å²) in [7, 11) is -9.91. The van der Waals surface area contributed by atoms with Crippen LogP contribution in [0, 0.1) is 0 Å². The number of phosphoric ester groups is 2. The van der Waals surface area contributed by atoms with Gasteiger partial charge in [-0.1, -0.05) is 362 Å². The molecular formula is C77H150O17P2. The van der Waals surface area contributed by atoms with E-state index in [2.05, 4.69) is 27.7 Å². The molecule has 0 aromatic carbocycles. The number of hydrogen-bond donors (Lipinski definition) is 3. The fraction of sp³-hybridized carbons (Fsp3) is 0.948. The normalized spacial score (nSPS) is 13.9. The molecule has 0 aliphatic carbocycles. The molecule has 0 heterocycles. The number of aliphatic hydroxyl groups is 1. The maximum Gasteiger partial charge on any atom is 0.472 e. The van der Waals surface area contributed by atoms with Crippen LogP contribution >= 0.6 is 15.6 Å². The Morgan fingerprint density at radius 2 is 0.417 bits per heavy atom. The van der Waals surface area contributed by atoms with Gasteiger partial charge in [0.05, 0.1) is 26.4 Å².